The van der Waals surface area contributed by atoms with Gasteiger partial charge in [-0.25, -0.2) is 4.98 Å². The van der Waals surface area contributed by atoms with Crippen molar-refractivity contribution < 1.29 is 4.42 Å². The second-order valence-electron chi connectivity index (χ2n) is 7.65. The first kappa shape index (κ1) is 24.5. The molecule has 2 N–H and O–H groups in total. The topological polar surface area (TPSA) is 68.9 Å². The highest BCUT2D eigenvalue weighted by Gasteiger charge is 2.18. The molecule has 1 aromatic heterocycles. The summed E-state index contributed by atoms with van der Waals surface area (Å²) < 4.78 is 5.60. The zero-order chi connectivity index (χ0) is 20.8. The van der Waals surface area contributed by atoms with E-state index in [0.717, 1.165) is 56.7 Å². The minimum absolute atomic E-state index is 0. The van der Waals surface area contributed by atoms with Gasteiger partial charge in [0.1, 0.15) is 5.76 Å². The summed E-state index contributed by atoms with van der Waals surface area (Å²) in [4.78, 5) is 13.7. The number of benzene rings is 1. The SMILES string of the molecule is CN=C(NCCN1CCN(c2cccc(C)c2C)CC1)NCc1nc(C)c(C)o1.I. The largest absolute Gasteiger partial charge is 0.444 e. The fourth-order valence-corrected chi connectivity index (χ4v) is 3.62. The fourth-order valence-electron chi connectivity index (χ4n) is 3.62. The van der Waals surface area contributed by atoms with E-state index in [1.54, 1.807) is 7.05 Å². The molecule has 8 heteroatoms. The Bertz CT molecular complexity index is 823. The third kappa shape index (κ3) is 6.34. The maximum absolute atomic E-state index is 5.60. The Labute approximate surface area is 197 Å². The standard InChI is InChI=1S/C22H34N6O.HI/c1-16-7-6-8-20(17(16)2)28-13-11-27(12-14-28)10-9-24-22(23-5)25-15-21-26-18(3)19(4)29-21;/h6-8H,9-15H2,1-5H3,(H2,23,24,25);1H. The number of halogens is 1. The lowest BCUT2D eigenvalue weighted by molar-refractivity contribution is 0.261. The van der Waals surface area contributed by atoms with Gasteiger partial charge < -0.3 is 20.0 Å². The Balaban J connectivity index is 0.00000320. The van der Waals surface area contributed by atoms with Gasteiger partial charge in [-0.3, -0.25) is 9.89 Å². The van der Waals surface area contributed by atoms with E-state index in [0.29, 0.717) is 12.4 Å². The molecule has 30 heavy (non-hydrogen) atoms. The Morgan fingerprint density at radius 1 is 1.10 bits per heavy atom. The number of hydrogen-bond donors (Lipinski definition) is 2. The zero-order valence-corrected chi connectivity index (χ0v) is 21.1. The number of aryl methyl sites for hydroxylation is 3. The van der Waals surface area contributed by atoms with Gasteiger partial charge in [0.25, 0.3) is 0 Å². The number of aromatic nitrogens is 1. The first-order valence-electron chi connectivity index (χ1n) is 10.4. The van der Waals surface area contributed by atoms with Gasteiger partial charge in [0, 0.05) is 52.0 Å². The van der Waals surface area contributed by atoms with Crippen molar-refractivity contribution in [1.82, 2.24) is 20.5 Å². The maximum Gasteiger partial charge on any atom is 0.214 e. The summed E-state index contributed by atoms with van der Waals surface area (Å²) in [5.41, 5.74) is 5.08. The van der Waals surface area contributed by atoms with Crippen molar-refractivity contribution in [3.05, 3.63) is 46.7 Å². The number of guanidine groups is 1. The smallest absolute Gasteiger partial charge is 0.214 e. The van der Waals surface area contributed by atoms with Gasteiger partial charge in [0.15, 0.2) is 5.96 Å². The van der Waals surface area contributed by atoms with E-state index in [1.807, 2.05) is 13.8 Å². The molecule has 1 aliphatic heterocycles. The zero-order valence-electron chi connectivity index (χ0n) is 18.8. The van der Waals surface area contributed by atoms with E-state index in [2.05, 4.69) is 62.5 Å². The van der Waals surface area contributed by atoms with Crippen molar-refractivity contribution in [3.8, 4) is 0 Å². The normalized spacial score (nSPS) is 15.1. The third-order valence-electron chi connectivity index (χ3n) is 5.71. The van der Waals surface area contributed by atoms with Crippen LogP contribution >= 0.6 is 24.0 Å². The van der Waals surface area contributed by atoms with Crippen molar-refractivity contribution in [3.63, 3.8) is 0 Å². The highest BCUT2D eigenvalue weighted by atomic mass is 127. The lowest BCUT2D eigenvalue weighted by Gasteiger charge is -2.37. The number of hydrogen-bond acceptors (Lipinski definition) is 5. The van der Waals surface area contributed by atoms with E-state index in [-0.39, 0.29) is 24.0 Å². The molecule has 0 radical (unpaired) electrons. The summed E-state index contributed by atoms with van der Waals surface area (Å²) in [6.07, 6.45) is 0. The number of aliphatic imine (C=N–C) groups is 1. The average molecular weight is 526 g/mol. The molecule has 3 rings (SSSR count). The minimum atomic E-state index is 0. The Morgan fingerprint density at radius 2 is 1.83 bits per heavy atom. The summed E-state index contributed by atoms with van der Waals surface area (Å²) >= 11 is 0. The van der Waals surface area contributed by atoms with Crippen LogP contribution in [0.5, 0.6) is 0 Å². The van der Waals surface area contributed by atoms with Crippen LogP contribution in [0.25, 0.3) is 0 Å². The van der Waals surface area contributed by atoms with Gasteiger partial charge in [-0.2, -0.15) is 0 Å². The highest BCUT2D eigenvalue weighted by Crippen LogP contribution is 2.23. The van der Waals surface area contributed by atoms with Crippen molar-refractivity contribution in [1.29, 1.82) is 0 Å². The fraction of sp³-hybridized carbons (Fsp3) is 0.545. The lowest BCUT2D eigenvalue weighted by Crippen LogP contribution is -2.49. The van der Waals surface area contributed by atoms with E-state index < -0.39 is 0 Å². The Morgan fingerprint density at radius 3 is 2.47 bits per heavy atom. The maximum atomic E-state index is 5.60. The summed E-state index contributed by atoms with van der Waals surface area (Å²) in [5, 5.41) is 6.64. The van der Waals surface area contributed by atoms with Crippen molar-refractivity contribution in [2.75, 3.05) is 51.2 Å². The van der Waals surface area contributed by atoms with Crippen LogP contribution in [0.3, 0.4) is 0 Å². The van der Waals surface area contributed by atoms with Gasteiger partial charge in [0.2, 0.25) is 5.89 Å². The van der Waals surface area contributed by atoms with Crippen LogP contribution in [-0.2, 0) is 6.54 Å². The van der Waals surface area contributed by atoms with E-state index in [9.17, 15) is 0 Å². The first-order valence-corrected chi connectivity index (χ1v) is 10.4. The number of oxazole rings is 1. The summed E-state index contributed by atoms with van der Waals surface area (Å²) in [5.74, 6) is 2.32. The molecule has 0 amide bonds. The number of nitrogens with zero attached hydrogens (tertiary/aromatic N) is 4. The first-order chi connectivity index (χ1) is 14.0. The van der Waals surface area contributed by atoms with Crippen molar-refractivity contribution in [2.45, 2.75) is 34.2 Å². The van der Waals surface area contributed by atoms with Gasteiger partial charge in [-0.15, -0.1) is 24.0 Å². The second kappa shape index (κ2) is 11.5. The molecule has 0 unspecified atom stereocenters. The molecule has 0 atom stereocenters. The molecular weight excluding hydrogens is 491 g/mol. The summed E-state index contributed by atoms with van der Waals surface area (Å²) in [7, 11) is 1.78. The summed E-state index contributed by atoms with van der Waals surface area (Å²) in [6, 6.07) is 6.59. The van der Waals surface area contributed by atoms with Crippen LogP contribution in [-0.4, -0.2) is 62.2 Å². The quantitative estimate of drug-likeness (QED) is 0.343. The van der Waals surface area contributed by atoms with Crippen molar-refractivity contribution in [2.24, 2.45) is 4.99 Å². The molecule has 0 saturated carbocycles. The van der Waals surface area contributed by atoms with Crippen LogP contribution in [0.4, 0.5) is 5.69 Å². The van der Waals surface area contributed by atoms with Crippen LogP contribution in [0.1, 0.15) is 28.5 Å². The molecule has 2 heterocycles. The number of nitrogens with one attached hydrogen (secondary N) is 2. The van der Waals surface area contributed by atoms with Crippen LogP contribution in [0.2, 0.25) is 0 Å². The highest BCUT2D eigenvalue weighted by molar-refractivity contribution is 14.0. The molecule has 7 nitrogen and oxygen atoms in total. The van der Waals surface area contributed by atoms with E-state index in [4.69, 9.17) is 4.42 Å². The predicted octanol–water partition coefficient (Wildman–Crippen LogP) is 3.01. The Hall–Kier alpha value is -1.81. The average Bonchev–Trinajstić information content (AvgIpc) is 3.05. The van der Waals surface area contributed by atoms with Crippen LogP contribution in [0, 0.1) is 27.7 Å². The number of rotatable bonds is 6. The summed E-state index contributed by atoms with van der Waals surface area (Å²) in [6.45, 7) is 15.0. The molecule has 0 spiro atoms. The molecule has 1 fully saturated rings. The second-order valence-corrected chi connectivity index (χ2v) is 7.65. The minimum Gasteiger partial charge on any atom is -0.444 e. The van der Waals surface area contributed by atoms with Gasteiger partial charge in [-0.05, 0) is 44.9 Å². The van der Waals surface area contributed by atoms with Crippen LogP contribution in [0.15, 0.2) is 27.6 Å². The molecule has 0 aliphatic carbocycles. The molecule has 2 aromatic rings. The van der Waals surface area contributed by atoms with Crippen LogP contribution < -0.4 is 15.5 Å². The molecule has 166 valence electrons. The Kier molecular flexibility index (Phi) is 9.41. The van der Waals surface area contributed by atoms with Gasteiger partial charge >= 0.3 is 0 Å². The number of piperazine rings is 1. The van der Waals surface area contributed by atoms with Crippen molar-refractivity contribution >= 4 is 35.6 Å². The van der Waals surface area contributed by atoms with E-state index in [1.165, 1.54) is 16.8 Å². The van der Waals surface area contributed by atoms with Gasteiger partial charge in [-0.1, -0.05) is 12.1 Å². The molecule has 1 aliphatic rings. The molecular formula is C22H35IN6O. The molecule has 1 aromatic carbocycles. The number of anilines is 1. The molecule has 0 bridgehead atoms. The van der Waals surface area contributed by atoms with Gasteiger partial charge in [0.05, 0.1) is 12.2 Å². The lowest BCUT2D eigenvalue weighted by atomic mass is 10.1. The predicted molar refractivity (Wildman–Crippen MR) is 134 cm³/mol. The monoisotopic (exact) mass is 526 g/mol. The molecule has 1 saturated heterocycles. The third-order valence-corrected chi connectivity index (χ3v) is 5.71. The van der Waals surface area contributed by atoms with E-state index >= 15 is 0 Å².